The van der Waals surface area contributed by atoms with Crippen molar-refractivity contribution in [2.24, 2.45) is 0 Å². The molecule has 2 N–H and O–H groups in total. The Morgan fingerprint density at radius 3 is 2.62 bits per heavy atom. The maximum absolute atomic E-state index is 13.1. The number of nitrogens with one attached hydrogen (secondary N) is 1. The molecule has 1 heterocycles. The fourth-order valence-electron chi connectivity index (χ4n) is 1.99. The minimum atomic E-state index is -1.18. The largest absolute Gasteiger partial charge is 0.479 e. The molecular formula is C12H11FN2O6. The van der Waals surface area contributed by atoms with Crippen LogP contribution >= 0.6 is 0 Å². The summed E-state index contributed by atoms with van der Waals surface area (Å²) in [6.45, 7) is 0. The number of rotatable bonds is 4. The molecule has 1 saturated heterocycles. The van der Waals surface area contributed by atoms with Crippen molar-refractivity contribution in [1.82, 2.24) is 0 Å². The molecule has 2 rings (SSSR count). The monoisotopic (exact) mass is 298 g/mol. The zero-order valence-electron chi connectivity index (χ0n) is 10.6. The Kier molecular flexibility index (Phi) is 4.13. The van der Waals surface area contributed by atoms with Gasteiger partial charge in [-0.25, -0.2) is 9.18 Å². The molecule has 9 heteroatoms. The summed E-state index contributed by atoms with van der Waals surface area (Å²) in [5.74, 6) is -2.67. The molecule has 1 aliphatic rings. The van der Waals surface area contributed by atoms with Crippen LogP contribution in [0.15, 0.2) is 18.2 Å². The smallest absolute Gasteiger partial charge is 0.332 e. The van der Waals surface area contributed by atoms with Crippen molar-refractivity contribution >= 4 is 23.3 Å². The van der Waals surface area contributed by atoms with Crippen LogP contribution in [0, 0.1) is 15.9 Å². The molecule has 8 nitrogen and oxygen atoms in total. The second-order valence-electron chi connectivity index (χ2n) is 4.44. The first-order valence-electron chi connectivity index (χ1n) is 6.01. The van der Waals surface area contributed by atoms with E-state index in [1.54, 1.807) is 0 Å². The van der Waals surface area contributed by atoms with Gasteiger partial charge in [-0.2, -0.15) is 0 Å². The number of nitro benzene ring substituents is 1. The Hall–Kier alpha value is -2.55. The van der Waals surface area contributed by atoms with Crippen LogP contribution in [0.4, 0.5) is 15.8 Å². The number of carboxylic acid groups (broad SMARTS) is 1. The molecular weight excluding hydrogens is 287 g/mol. The minimum Gasteiger partial charge on any atom is -0.479 e. The molecule has 1 aromatic rings. The molecule has 1 amide bonds. The summed E-state index contributed by atoms with van der Waals surface area (Å²) in [4.78, 5) is 32.7. The number of carbonyl (C=O) groups is 2. The Morgan fingerprint density at radius 2 is 2.05 bits per heavy atom. The van der Waals surface area contributed by atoms with E-state index < -0.39 is 40.5 Å². The normalized spacial score (nSPS) is 21.0. The molecule has 0 radical (unpaired) electrons. The van der Waals surface area contributed by atoms with Crippen molar-refractivity contribution in [1.29, 1.82) is 0 Å². The molecule has 2 atom stereocenters. The predicted octanol–water partition coefficient (Wildman–Crippen LogP) is 1.30. The Morgan fingerprint density at radius 1 is 1.38 bits per heavy atom. The summed E-state index contributed by atoms with van der Waals surface area (Å²) in [7, 11) is 0. The maximum Gasteiger partial charge on any atom is 0.332 e. The Labute approximate surface area is 117 Å². The molecule has 0 saturated carbocycles. The lowest BCUT2D eigenvalue weighted by Crippen LogP contribution is -2.30. The third kappa shape index (κ3) is 3.31. The lowest BCUT2D eigenvalue weighted by Gasteiger charge is -2.12. The van der Waals surface area contributed by atoms with Gasteiger partial charge in [0, 0.05) is 12.1 Å². The van der Waals surface area contributed by atoms with Crippen molar-refractivity contribution in [3.63, 3.8) is 0 Å². The van der Waals surface area contributed by atoms with Crippen LogP contribution in [-0.2, 0) is 14.3 Å². The molecule has 0 bridgehead atoms. The first-order chi connectivity index (χ1) is 9.88. The topological polar surface area (TPSA) is 119 Å². The quantitative estimate of drug-likeness (QED) is 0.639. The van der Waals surface area contributed by atoms with Crippen molar-refractivity contribution in [2.75, 3.05) is 5.32 Å². The van der Waals surface area contributed by atoms with E-state index in [1.807, 2.05) is 0 Å². The van der Waals surface area contributed by atoms with E-state index in [9.17, 15) is 24.1 Å². The van der Waals surface area contributed by atoms with Crippen LogP contribution in [0.1, 0.15) is 12.8 Å². The third-order valence-corrected chi connectivity index (χ3v) is 3.00. The summed E-state index contributed by atoms with van der Waals surface area (Å²) < 4.78 is 18.1. The van der Waals surface area contributed by atoms with Crippen LogP contribution in [0.5, 0.6) is 0 Å². The highest BCUT2D eigenvalue weighted by molar-refractivity contribution is 5.96. The number of hydrogen-bond donors (Lipinski definition) is 2. The number of aliphatic carboxylic acids is 1. The number of nitrogens with zero attached hydrogens (tertiary/aromatic N) is 1. The van der Waals surface area contributed by atoms with Gasteiger partial charge in [0.15, 0.2) is 6.10 Å². The maximum atomic E-state index is 13.1. The van der Waals surface area contributed by atoms with Gasteiger partial charge in [-0.1, -0.05) is 0 Å². The van der Waals surface area contributed by atoms with Gasteiger partial charge in [-0.3, -0.25) is 14.9 Å². The van der Waals surface area contributed by atoms with E-state index in [-0.39, 0.29) is 18.5 Å². The molecule has 112 valence electrons. The second kappa shape index (κ2) is 5.83. The average molecular weight is 298 g/mol. The van der Waals surface area contributed by atoms with Gasteiger partial charge in [0.2, 0.25) is 0 Å². The minimum absolute atomic E-state index is 0.165. The fraction of sp³-hybridized carbons (Fsp3) is 0.333. The highest BCUT2D eigenvalue weighted by Gasteiger charge is 2.35. The van der Waals surface area contributed by atoms with E-state index in [0.29, 0.717) is 0 Å². The third-order valence-electron chi connectivity index (χ3n) is 3.00. The SMILES string of the molecule is O=C(O)C1CCC(C(=O)Nc2cc(F)ccc2[N+](=O)[O-])O1. The van der Waals surface area contributed by atoms with Crippen molar-refractivity contribution in [2.45, 2.75) is 25.0 Å². The van der Waals surface area contributed by atoms with Gasteiger partial charge >= 0.3 is 5.97 Å². The van der Waals surface area contributed by atoms with Gasteiger partial charge in [0.1, 0.15) is 17.6 Å². The predicted molar refractivity (Wildman–Crippen MR) is 67.2 cm³/mol. The number of nitro groups is 1. The highest BCUT2D eigenvalue weighted by atomic mass is 19.1. The summed E-state index contributed by atoms with van der Waals surface area (Å²) in [5.41, 5.74) is -0.759. The van der Waals surface area contributed by atoms with Crippen molar-refractivity contribution < 1.29 is 28.7 Å². The first-order valence-corrected chi connectivity index (χ1v) is 6.01. The standard InChI is InChI=1S/C12H11FN2O6/c13-6-1-2-8(15(19)20)7(5-6)14-11(16)9-3-4-10(21-9)12(17)18/h1-2,5,9-10H,3-4H2,(H,14,16)(H,17,18). The molecule has 2 unspecified atom stereocenters. The lowest BCUT2D eigenvalue weighted by atomic mass is 10.2. The summed E-state index contributed by atoms with van der Waals surface area (Å²) in [6, 6.07) is 2.65. The van der Waals surface area contributed by atoms with Crippen LogP contribution < -0.4 is 5.32 Å². The number of amides is 1. The van der Waals surface area contributed by atoms with E-state index in [1.165, 1.54) is 0 Å². The Balaban J connectivity index is 2.12. The van der Waals surface area contributed by atoms with Gasteiger partial charge in [-0.05, 0) is 18.9 Å². The molecule has 1 fully saturated rings. The van der Waals surface area contributed by atoms with E-state index >= 15 is 0 Å². The van der Waals surface area contributed by atoms with Gasteiger partial charge in [-0.15, -0.1) is 0 Å². The van der Waals surface area contributed by atoms with Crippen LogP contribution in [0.2, 0.25) is 0 Å². The van der Waals surface area contributed by atoms with Crippen LogP contribution in [-0.4, -0.2) is 34.1 Å². The number of ether oxygens (including phenoxy) is 1. The number of hydrogen-bond acceptors (Lipinski definition) is 5. The van der Waals surface area contributed by atoms with Gasteiger partial charge in [0.25, 0.3) is 11.6 Å². The highest BCUT2D eigenvalue weighted by Crippen LogP contribution is 2.27. The van der Waals surface area contributed by atoms with Crippen molar-refractivity contribution in [3.8, 4) is 0 Å². The molecule has 0 aliphatic carbocycles. The van der Waals surface area contributed by atoms with Crippen molar-refractivity contribution in [3.05, 3.63) is 34.1 Å². The first kappa shape index (κ1) is 14.9. The molecule has 0 spiro atoms. The fourth-order valence-corrected chi connectivity index (χ4v) is 1.99. The molecule has 1 aromatic carbocycles. The number of carbonyl (C=O) groups excluding carboxylic acids is 1. The van der Waals surface area contributed by atoms with E-state index in [2.05, 4.69) is 5.32 Å². The van der Waals surface area contributed by atoms with Gasteiger partial charge in [0.05, 0.1) is 4.92 Å². The van der Waals surface area contributed by atoms with Gasteiger partial charge < -0.3 is 15.2 Å². The summed E-state index contributed by atoms with van der Waals surface area (Å²) in [6.07, 6.45) is -1.78. The summed E-state index contributed by atoms with van der Waals surface area (Å²) >= 11 is 0. The summed E-state index contributed by atoms with van der Waals surface area (Å²) in [5, 5.41) is 21.8. The van der Waals surface area contributed by atoms with Crippen LogP contribution in [0.25, 0.3) is 0 Å². The molecule has 1 aliphatic heterocycles. The molecule has 21 heavy (non-hydrogen) atoms. The lowest BCUT2D eigenvalue weighted by molar-refractivity contribution is -0.384. The van der Waals surface area contributed by atoms with E-state index in [0.717, 1.165) is 18.2 Å². The van der Waals surface area contributed by atoms with E-state index in [4.69, 9.17) is 9.84 Å². The zero-order chi connectivity index (χ0) is 15.6. The second-order valence-corrected chi connectivity index (χ2v) is 4.44. The Bertz CT molecular complexity index is 605. The average Bonchev–Trinajstić information content (AvgIpc) is 2.88. The molecule has 0 aromatic heterocycles. The number of carboxylic acids is 1. The number of benzene rings is 1. The van der Waals surface area contributed by atoms with Crippen LogP contribution in [0.3, 0.4) is 0 Å². The number of halogens is 1. The zero-order valence-corrected chi connectivity index (χ0v) is 10.6. The number of anilines is 1.